The lowest BCUT2D eigenvalue weighted by atomic mass is 9.83. The zero-order chi connectivity index (χ0) is 22.0. The van der Waals surface area contributed by atoms with Gasteiger partial charge in [0.1, 0.15) is 5.69 Å². The number of anilines is 1. The summed E-state index contributed by atoms with van der Waals surface area (Å²) in [6.45, 7) is 0.232. The average Bonchev–Trinajstić information content (AvgIpc) is 3.44. The number of nitrogens with one attached hydrogen (secondary N) is 1. The number of carbonyl (C=O) groups excluding carboxylic acids is 1. The van der Waals surface area contributed by atoms with Crippen LogP contribution in [0.25, 0.3) is 11.4 Å². The third-order valence-corrected chi connectivity index (χ3v) is 5.33. The second-order valence-corrected chi connectivity index (χ2v) is 7.67. The van der Waals surface area contributed by atoms with Gasteiger partial charge in [-0.15, -0.1) is 10.2 Å². The van der Waals surface area contributed by atoms with Crippen LogP contribution in [0.3, 0.4) is 0 Å². The Morgan fingerprint density at radius 1 is 1.39 bits per heavy atom. The number of halogens is 2. The molecule has 164 valence electrons. The molecule has 1 aliphatic carbocycles. The highest BCUT2D eigenvalue weighted by molar-refractivity contribution is 5.95. The lowest BCUT2D eigenvalue weighted by Crippen LogP contribution is -2.27. The number of tetrazole rings is 1. The fraction of sp³-hybridized carbons (Fsp3) is 0.450. The van der Waals surface area contributed by atoms with Crippen molar-refractivity contribution in [3.05, 3.63) is 41.6 Å². The number of hydrogen-bond donors (Lipinski definition) is 1. The van der Waals surface area contributed by atoms with Crippen LogP contribution in [0, 0.1) is 5.92 Å². The van der Waals surface area contributed by atoms with Crippen LogP contribution in [0.5, 0.6) is 0 Å². The number of aromatic nitrogens is 5. The first-order chi connectivity index (χ1) is 14.8. The topological polar surface area (TPSA) is 108 Å². The molecule has 1 aromatic carbocycles. The van der Waals surface area contributed by atoms with Gasteiger partial charge >= 0.3 is 0 Å². The van der Waals surface area contributed by atoms with E-state index < -0.39 is 23.7 Å². The van der Waals surface area contributed by atoms with E-state index in [4.69, 9.17) is 9.26 Å². The lowest BCUT2D eigenvalue weighted by Gasteiger charge is -2.23. The third-order valence-electron chi connectivity index (χ3n) is 5.33. The Kier molecular flexibility index (Phi) is 5.77. The Labute approximate surface area is 176 Å². The van der Waals surface area contributed by atoms with Crippen molar-refractivity contribution in [2.45, 2.75) is 37.7 Å². The highest BCUT2D eigenvalue weighted by Gasteiger charge is 2.45. The van der Waals surface area contributed by atoms with Gasteiger partial charge in [-0.05, 0) is 23.1 Å². The maximum absolute atomic E-state index is 13.9. The minimum atomic E-state index is -2.77. The van der Waals surface area contributed by atoms with Gasteiger partial charge < -0.3 is 9.26 Å². The summed E-state index contributed by atoms with van der Waals surface area (Å²) in [6, 6.07) is 8.53. The van der Waals surface area contributed by atoms with Gasteiger partial charge in [0.15, 0.2) is 0 Å². The van der Waals surface area contributed by atoms with Crippen molar-refractivity contribution in [3.63, 3.8) is 0 Å². The fourth-order valence-corrected chi connectivity index (χ4v) is 3.93. The van der Waals surface area contributed by atoms with Crippen LogP contribution in [-0.2, 0) is 23.2 Å². The highest BCUT2D eigenvalue weighted by Crippen LogP contribution is 2.46. The van der Waals surface area contributed by atoms with Crippen molar-refractivity contribution < 1.29 is 22.8 Å². The summed E-state index contributed by atoms with van der Waals surface area (Å²) < 4.78 is 38.0. The Hall–Kier alpha value is -3.21. The van der Waals surface area contributed by atoms with Crippen molar-refractivity contribution in [2.24, 2.45) is 13.0 Å². The SMILES string of the molecule is COCc1cc(NC(=O)C(c2ccc(-c3nnn(C)n3)cc2)C2CCC(F)(F)C2)on1. The van der Waals surface area contributed by atoms with Gasteiger partial charge in [0, 0.05) is 31.6 Å². The second kappa shape index (κ2) is 8.50. The van der Waals surface area contributed by atoms with Gasteiger partial charge in [-0.2, -0.15) is 4.80 Å². The molecule has 4 rings (SSSR count). The van der Waals surface area contributed by atoms with E-state index in [-0.39, 0.29) is 31.8 Å². The van der Waals surface area contributed by atoms with Gasteiger partial charge in [0.25, 0.3) is 0 Å². The number of carbonyl (C=O) groups is 1. The quantitative estimate of drug-likeness (QED) is 0.611. The number of aryl methyl sites for hydroxylation is 1. The number of ether oxygens (including phenoxy) is 1. The van der Waals surface area contributed by atoms with E-state index >= 15 is 0 Å². The number of nitrogens with zero attached hydrogens (tertiary/aromatic N) is 5. The summed E-state index contributed by atoms with van der Waals surface area (Å²) in [6.07, 6.45) is -0.322. The molecule has 0 spiro atoms. The minimum absolute atomic E-state index is 0.146. The molecule has 1 saturated carbocycles. The van der Waals surface area contributed by atoms with Crippen LogP contribution >= 0.6 is 0 Å². The molecule has 11 heteroatoms. The van der Waals surface area contributed by atoms with Crippen LogP contribution < -0.4 is 5.32 Å². The molecule has 2 atom stereocenters. The minimum Gasteiger partial charge on any atom is -0.378 e. The number of amides is 1. The molecule has 2 unspecified atom stereocenters. The smallest absolute Gasteiger partial charge is 0.248 e. The summed E-state index contributed by atoms with van der Waals surface area (Å²) in [5.41, 5.74) is 1.86. The van der Waals surface area contributed by atoms with E-state index in [2.05, 4.69) is 25.9 Å². The van der Waals surface area contributed by atoms with Crippen molar-refractivity contribution in [1.82, 2.24) is 25.4 Å². The van der Waals surface area contributed by atoms with Gasteiger partial charge in [0.05, 0.1) is 19.6 Å². The maximum Gasteiger partial charge on any atom is 0.248 e. The molecule has 31 heavy (non-hydrogen) atoms. The molecule has 0 saturated heterocycles. The summed E-state index contributed by atoms with van der Waals surface area (Å²) in [5, 5.41) is 18.4. The average molecular weight is 432 g/mol. The molecule has 0 bridgehead atoms. The molecule has 0 aliphatic heterocycles. The van der Waals surface area contributed by atoms with Gasteiger partial charge in [-0.3, -0.25) is 10.1 Å². The summed E-state index contributed by atoms with van der Waals surface area (Å²) >= 11 is 0. The van der Waals surface area contributed by atoms with Crippen molar-refractivity contribution in [2.75, 3.05) is 12.4 Å². The number of hydrogen-bond acceptors (Lipinski definition) is 7. The zero-order valence-corrected chi connectivity index (χ0v) is 17.1. The van der Waals surface area contributed by atoms with Crippen LogP contribution in [0.1, 0.15) is 36.4 Å². The first-order valence-corrected chi connectivity index (χ1v) is 9.82. The lowest BCUT2D eigenvalue weighted by molar-refractivity contribution is -0.119. The summed E-state index contributed by atoms with van der Waals surface area (Å²) in [7, 11) is 3.18. The Balaban J connectivity index is 1.58. The Morgan fingerprint density at radius 3 is 2.77 bits per heavy atom. The zero-order valence-electron chi connectivity index (χ0n) is 17.1. The standard InChI is InChI=1S/C20H22F2N6O3/c1-28-25-18(24-27-28)13-5-3-12(4-6-13)17(14-7-8-20(21,22)10-14)19(29)23-16-9-15(11-30-2)26-31-16/h3-6,9,14,17H,7-8,10-11H2,1-2H3,(H,23,29). The predicted octanol–water partition coefficient (Wildman–Crippen LogP) is 3.17. The molecule has 2 aromatic heterocycles. The monoisotopic (exact) mass is 432 g/mol. The molecule has 2 heterocycles. The van der Waals surface area contributed by atoms with E-state index in [1.807, 2.05) is 0 Å². The normalized spacial score (nSPS) is 18.8. The van der Waals surface area contributed by atoms with Crippen molar-refractivity contribution in [1.29, 1.82) is 0 Å². The first kappa shape index (κ1) is 21.0. The molecular weight excluding hydrogens is 410 g/mol. The van der Waals surface area contributed by atoms with Gasteiger partial charge in [0.2, 0.25) is 23.5 Å². The molecule has 3 aromatic rings. The molecule has 1 amide bonds. The molecule has 0 radical (unpaired) electrons. The van der Waals surface area contributed by atoms with Crippen LogP contribution in [0.15, 0.2) is 34.9 Å². The summed E-state index contributed by atoms with van der Waals surface area (Å²) in [4.78, 5) is 14.5. The van der Waals surface area contributed by atoms with Crippen LogP contribution in [-0.4, -0.2) is 44.3 Å². The highest BCUT2D eigenvalue weighted by atomic mass is 19.3. The molecule has 1 fully saturated rings. The molecule has 9 nitrogen and oxygen atoms in total. The van der Waals surface area contributed by atoms with Gasteiger partial charge in [-0.25, -0.2) is 8.78 Å². The van der Waals surface area contributed by atoms with E-state index in [1.54, 1.807) is 37.4 Å². The van der Waals surface area contributed by atoms with E-state index in [0.29, 0.717) is 22.6 Å². The second-order valence-electron chi connectivity index (χ2n) is 7.67. The van der Waals surface area contributed by atoms with E-state index in [0.717, 1.165) is 0 Å². The first-order valence-electron chi connectivity index (χ1n) is 9.82. The third kappa shape index (κ3) is 4.76. The summed E-state index contributed by atoms with van der Waals surface area (Å²) in [5.74, 6) is -3.88. The molecular formula is C20H22F2N6O3. The van der Waals surface area contributed by atoms with Crippen LogP contribution in [0.4, 0.5) is 14.7 Å². The Morgan fingerprint density at radius 2 is 2.16 bits per heavy atom. The fourth-order valence-electron chi connectivity index (χ4n) is 3.93. The van der Waals surface area contributed by atoms with Crippen molar-refractivity contribution >= 4 is 11.8 Å². The Bertz CT molecular complexity index is 1050. The van der Waals surface area contributed by atoms with Crippen molar-refractivity contribution in [3.8, 4) is 11.4 Å². The molecule has 1 N–H and O–H groups in total. The van der Waals surface area contributed by atoms with Crippen LogP contribution in [0.2, 0.25) is 0 Å². The maximum atomic E-state index is 13.9. The van der Waals surface area contributed by atoms with E-state index in [9.17, 15) is 13.6 Å². The number of alkyl halides is 2. The number of methoxy groups -OCH3 is 1. The largest absolute Gasteiger partial charge is 0.378 e. The molecule has 1 aliphatic rings. The predicted molar refractivity (Wildman–Crippen MR) is 105 cm³/mol. The van der Waals surface area contributed by atoms with Gasteiger partial charge in [-0.1, -0.05) is 29.4 Å². The number of rotatable bonds is 7. The number of benzene rings is 1. The van der Waals surface area contributed by atoms with E-state index in [1.165, 1.54) is 11.9 Å².